The van der Waals surface area contributed by atoms with Gasteiger partial charge in [-0.05, 0) is 133 Å². The Kier molecular flexibility index (Phi) is 8.88. The van der Waals surface area contributed by atoms with E-state index in [0.717, 1.165) is 104 Å². The number of piperidine rings is 2. The first-order valence-corrected chi connectivity index (χ1v) is 15.0. The zero-order valence-electron chi connectivity index (χ0n) is 23.4. The van der Waals surface area contributed by atoms with Crippen LogP contribution < -0.4 is 0 Å². The van der Waals surface area contributed by atoms with E-state index in [1.54, 1.807) is 12.1 Å². The fourth-order valence-electron chi connectivity index (χ4n) is 6.92. The second-order valence-corrected chi connectivity index (χ2v) is 11.4. The first kappa shape index (κ1) is 27.7. The van der Waals surface area contributed by atoms with Gasteiger partial charge < -0.3 is 24.6 Å². The molecule has 2 aliphatic heterocycles. The lowest BCUT2D eigenvalue weighted by Crippen LogP contribution is -2.31. The van der Waals surface area contributed by atoms with Gasteiger partial charge in [-0.25, -0.2) is 9.59 Å². The Labute approximate surface area is 231 Å². The minimum Gasteiger partial charge on any atom is -0.478 e. The lowest BCUT2D eigenvalue weighted by atomic mass is 9.90. The molecule has 2 N–H and O–H groups in total. The van der Waals surface area contributed by atoms with Gasteiger partial charge in [-0.3, -0.25) is 0 Å². The van der Waals surface area contributed by atoms with Crippen molar-refractivity contribution in [3.63, 3.8) is 0 Å². The zero-order valence-corrected chi connectivity index (χ0v) is 23.4. The average molecular weight is 534 g/mol. The summed E-state index contributed by atoms with van der Waals surface area (Å²) >= 11 is 0. The van der Waals surface area contributed by atoms with Crippen molar-refractivity contribution >= 4 is 33.7 Å². The molecule has 0 bridgehead atoms. The molecule has 0 spiro atoms. The Morgan fingerprint density at radius 3 is 1.87 bits per heavy atom. The molecule has 2 aromatic carbocycles. The van der Waals surface area contributed by atoms with Gasteiger partial charge in [0.05, 0.1) is 16.6 Å². The van der Waals surface area contributed by atoms with E-state index in [9.17, 15) is 19.8 Å². The molecule has 210 valence electrons. The first-order valence-electron chi connectivity index (χ1n) is 15.0. The van der Waals surface area contributed by atoms with Crippen LogP contribution in [0.1, 0.15) is 90.1 Å². The Morgan fingerprint density at radius 1 is 0.744 bits per heavy atom. The van der Waals surface area contributed by atoms with E-state index in [1.165, 1.54) is 38.5 Å². The molecular weight excluding hydrogens is 490 g/mol. The number of nitrogens with zero attached hydrogens (tertiary/aromatic N) is 3. The number of carboxylic acid groups (broad SMARTS) is 2. The minimum absolute atomic E-state index is 0.229. The normalized spacial score (nSPS) is 17.3. The summed E-state index contributed by atoms with van der Waals surface area (Å²) in [7, 11) is 0. The number of benzene rings is 2. The number of rotatable bonds is 11. The third-order valence-electron chi connectivity index (χ3n) is 8.86. The van der Waals surface area contributed by atoms with Crippen LogP contribution in [0.4, 0.5) is 0 Å². The summed E-state index contributed by atoms with van der Waals surface area (Å²) in [5.74, 6) is -1.86. The Bertz CT molecular complexity index is 1330. The molecule has 0 radical (unpaired) electrons. The summed E-state index contributed by atoms with van der Waals surface area (Å²) in [6.07, 6.45) is 11.2. The number of hydrogen-bond donors (Lipinski definition) is 2. The highest BCUT2D eigenvalue weighted by Gasteiger charge is 2.24. The second-order valence-electron chi connectivity index (χ2n) is 11.4. The van der Waals surface area contributed by atoms with Gasteiger partial charge in [-0.15, -0.1) is 0 Å². The average Bonchev–Trinajstić information content (AvgIpc) is 3.27. The minimum atomic E-state index is -0.969. The SMILES string of the molecule is CCn1c2ccc(C(=O)O)cc2c2cc(C(=O)O)c(CCCN3CCCCC3)c(CCCN3CCCCC3)c21. The molecule has 3 aromatic rings. The summed E-state index contributed by atoms with van der Waals surface area (Å²) < 4.78 is 2.27. The number of aromatic carboxylic acids is 2. The third-order valence-corrected chi connectivity index (χ3v) is 8.86. The molecule has 0 unspecified atom stereocenters. The third kappa shape index (κ3) is 5.99. The van der Waals surface area contributed by atoms with Crippen LogP contribution in [0.15, 0.2) is 24.3 Å². The van der Waals surface area contributed by atoms with Crippen molar-refractivity contribution in [3.05, 3.63) is 46.5 Å². The van der Waals surface area contributed by atoms with E-state index in [1.807, 2.05) is 12.1 Å². The van der Waals surface area contributed by atoms with Crippen LogP contribution in [0.2, 0.25) is 0 Å². The van der Waals surface area contributed by atoms with Crippen molar-refractivity contribution in [2.75, 3.05) is 39.3 Å². The number of likely N-dealkylation sites (tertiary alicyclic amines) is 2. The number of aryl methyl sites for hydroxylation is 2. The molecule has 2 saturated heterocycles. The molecular formula is C32H43N3O4. The predicted octanol–water partition coefficient (Wildman–Crippen LogP) is 6.05. The van der Waals surface area contributed by atoms with Crippen molar-refractivity contribution in [2.45, 2.75) is 77.7 Å². The topological polar surface area (TPSA) is 86.0 Å². The number of carbonyl (C=O) groups is 2. The van der Waals surface area contributed by atoms with Crippen LogP contribution in [0.3, 0.4) is 0 Å². The molecule has 3 heterocycles. The lowest BCUT2D eigenvalue weighted by Gasteiger charge is -2.27. The number of hydrogen-bond acceptors (Lipinski definition) is 4. The van der Waals surface area contributed by atoms with E-state index in [2.05, 4.69) is 21.3 Å². The van der Waals surface area contributed by atoms with Gasteiger partial charge in [0, 0.05) is 22.8 Å². The van der Waals surface area contributed by atoms with Gasteiger partial charge in [0.15, 0.2) is 0 Å². The van der Waals surface area contributed by atoms with Crippen molar-refractivity contribution in [1.82, 2.24) is 14.4 Å². The monoisotopic (exact) mass is 533 g/mol. The Morgan fingerprint density at radius 2 is 1.33 bits per heavy atom. The molecule has 0 saturated carbocycles. The number of aromatic nitrogens is 1. The summed E-state index contributed by atoms with van der Waals surface area (Å²) in [5, 5.41) is 21.7. The summed E-state index contributed by atoms with van der Waals surface area (Å²) in [6, 6.07) is 7.08. The van der Waals surface area contributed by atoms with Crippen LogP contribution in [0.25, 0.3) is 21.8 Å². The van der Waals surface area contributed by atoms with Crippen molar-refractivity contribution < 1.29 is 19.8 Å². The molecule has 1 aromatic heterocycles. The largest absolute Gasteiger partial charge is 0.478 e. The molecule has 0 amide bonds. The molecule has 0 atom stereocenters. The lowest BCUT2D eigenvalue weighted by molar-refractivity contribution is 0.0685. The smallest absolute Gasteiger partial charge is 0.335 e. The fraction of sp³-hybridized carbons (Fsp3) is 0.562. The molecule has 0 aliphatic carbocycles. The quantitative estimate of drug-likeness (QED) is 0.312. The van der Waals surface area contributed by atoms with Gasteiger partial charge in [0.25, 0.3) is 0 Å². The van der Waals surface area contributed by atoms with Crippen molar-refractivity contribution in [1.29, 1.82) is 0 Å². The van der Waals surface area contributed by atoms with Crippen LogP contribution in [-0.4, -0.2) is 75.8 Å². The summed E-state index contributed by atoms with van der Waals surface area (Å²) in [4.78, 5) is 29.5. The highest BCUT2D eigenvalue weighted by molar-refractivity contribution is 6.13. The molecule has 39 heavy (non-hydrogen) atoms. The van der Waals surface area contributed by atoms with E-state index in [4.69, 9.17) is 0 Å². The van der Waals surface area contributed by atoms with Crippen LogP contribution in [0.5, 0.6) is 0 Å². The van der Waals surface area contributed by atoms with E-state index >= 15 is 0 Å². The molecule has 2 fully saturated rings. The van der Waals surface area contributed by atoms with Gasteiger partial charge in [0.1, 0.15) is 0 Å². The van der Waals surface area contributed by atoms with Crippen LogP contribution in [0, 0.1) is 0 Å². The van der Waals surface area contributed by atoms with Crippen LogP contribution >= 0.6 is 0 Å². The van der Waals surface area contributed by atoms with E-state index < -0.39 is 11.9 Å². The summed E-state index contributed by atoms with van der Waals surface area (Å²) in [5.41, 5.74) is 4.79. The maximum Gasteiger partial charge on any atom is 0.335 e. The molecule has 7 nitrogen and oxygen atoms in total. The first-order chi connectivity index (χ1) is 19.0. The van der Waals surface area contributed by atoms with Gasteiger partial charge in [-0.1, -0.05) is 12.8 Å². The van der Waals surface area contributed by atoms with E-state index in [0.29, 0.717) is 5.56 Å². The van der Waals surface area contributed by atoms with Gasteiger partial charge >= 0.3 is 11.9 Å². The summed E-state index contributed by atoms with van der Waals surface area (Å²) in [6.45, 7) is 9.48. The van der Waals surface area contributed by atoms with Gasteiger partial charge in [0.2, 0.25) is 0 Å². The molecule has 5 rings (SSSR count). The van der Waals surface area contributed by atoms with Crippen LogP contribution in [-0.2, 0) is 19.4 Å². The Balaban J connectivity index is 1.58. The highest BCUT2D eigenvalue weighted by atomic mass is 16.4. The zero-order chi connectivity index (χ0) is 27.4. The second kappa shape index (κ2) is 12.5. The van der Waals surface area contributed by atoms with E-state index in [-0.39, 0.29) is 5.56 Å². The predicted molar refractivity (Wildman–Crippen MR) is 156 cm³/mol. The standard InChI is InChI=1S/C32H43N3O4/c1-2-35-29-14-13-23(31(36)37)21-26(29)27-22-28(32(38)39)24(11-9-19-33-15-5-3-6-16-33)25(30(27)35)12-10-20-34-17-7-4-8-18-34/h13-14,21-22H,2-12,15-20H2,1H3,(H,36,37)(H,38,39). The number of fused-ring (bicyclic) bond motifs is 3. The highest BCUT2D eigenvalue weighted by Crippen LogP contribution is 2.37. The molecule has 2 aliphatic rings. The fourth-order valence-corrected chi connectivity index (χ4v) is 6.92. The van der Waals surface area contributed by atoms with Crippen molar-refractivity contribution in [2.24, 2.45) is 0 Å². The van der Waals surface area contributed by atoms with Crippen molar-refractivity contribution in [3.8, 4) is 0 Å². The van der Waals surface area contributed by atoms with Gasteiger partial charge in [-0.2, -0.15) is 0 Å². The maximum atomic E-state index is 12.7. The maximum absolute atomic E-state index is 12.7. The molecule has 7 heteroatoms. The number of carboxylic acids is 2. The Hall–Kier alpha value is -2.90.